The Balaban J connectivity index is 1.87. The van der Waals surface area contributed by atoms with E-state index in [9.17, 15) is 5.11 Å². The maximum atomic E-state index is 9.32. The lowest BCUT2D eigenvalue weighted by molar-refractivity contribution is 0.261. The molecule has 6 heteroatoms. The van der Waals surface area contributed by atoms with E-state index in [1.807, 2.05) is 10.7 Å². The van der Waals surface area contributed by atoms with Crippen molar-refractivity contribution in [2.45, 2.75) is 38.1 Å². The minimum absolute atomic E-state index is 0.206. The number of nitrogens with one attached hydrogen (secondary N) is 1. The first-order chi connectivity index (χ1) is 9.79. The van der Waals surface area contributed by atoms with E-state index in [-0.39, 0.29) is 12.6 Å². The molecule has 0 bridgehead atoms. The SMILES string of the molecule is OCCC(Nc1nccn2ncc(Br)c12)C1CCCC1. The number of anilines is 1. The molecular weight excluding hydrogens is 320 g/mol. The van der Waals surface area contributed by atoms with Crippen LogP contribution in [0.3, 0.4) is 0 Å². The van der Waals surface area contributed by atoms with E-state index >= 15 is 0 Å². The third kappa shape index (κ3) is 2.67. The van der Waals surface area contributed by atoms with Crippen LogP contribution < -0.4 is 5.32 Å². The van der Waals surface area contributed by atoms with Crippen molar-refractivity contribution < 1.29 is 5.11 Å². The third-order valence-corrected chi connectivity index (χ3v) is 4.70. The number of aliphatic hydroxyl groups is 1. The fourth-order valence-corrected chi connectivity index (χ4v) is 3.57. The van der Waals surface area contributed by atoms with E-state index in [2.05, 4.69) is 31.3 Å². The number of aromatic nitrogens is 3. The van der Waals surface area contributed by atoms with Gasteiger partial charge in [-0.3, -0.25) is 0 Å². The fourth-order valence-electron chi connectivity index (χ4n) is 3.11. The van der Waals surface area contributed by atoms with Gasteiger partial charge in [-0.2, -0.15) is 5.10 Å². The quantitative estimate of drug-likeness (QED) is 0.879. The highest BCUT2D eigenvalue weighted by Crippen LogP contribution is 2.32. The minimum atomic E-state index is 0.206. The van der Waals surface area contributed by atoms with Crippen LogP contribution in [-0.2, 0) is 0 Å². The van der Waals surface area contributed by atoms with Crippen molar-refractivity contribution in [2.75, 3.05) is 11.9 Å². The molecule has 3 rings (SSSR count). The van der Waals surface area contributed by atoms with Crippen LogP contribution in [0, 0.1) is 5.92 Å². The molecule has 0 aliphatic heterocycles. The normalized spacial score (nSPS) is 17.7. The Morgan fingerprint density at radius 2 is 2.25 bits per heavy atom. The van der Waals surface area contributed by atoms with Crippen LogP contribution in [0.2, 0.25) is 0 Å². The summed E-state index contributed by atoms with van der Waals surface area (Å²) in [5.74, 6) is 1.47. The Morgan fingerprint density at radius 1 is 1.45 bits per heavy atom. The average Bonchev–Trinajstić information content (AvgIpc) is 3.09. The molecule has 0 aromatic carbocycles. The molecule has 1 unspecified atom stereocenters. The van der Waals surface area contributed by atoms with Gasteiger partial charge in [0.05, 0.1) is 10.7 Å². The molecular formula is C14H19BrN4O. The summed E-state index contributed by atoms with van der Waals surface area (Å²) in [5.41, 5.74) is 0.952. The average molecular weight is 339 g/mol. The molecule has 0 amide bonds. The lowest BCUT2D eigenvalue weighted by Crippen LogP contribution is -2.29. The van der Waals surface area contributed by atoms with Gasteiger partial charge in [0.2, 0.25) is 0 Å². The lowest BCUT2D eigenvalue weighted by Gasteiger charge is -2.24. The van der Waals surface area contributed by atoms with Gasteiger partial charge in [0.1, 0.15) is 5.52 Å². The molecule has 108 valence electrons. The number of fused-ring (bicyclic) bond motifs is 1. The van der Waals surface area contributed by atoms with Gasteiger partial charge in [0.25, 0.3) is 0 Å². The smallest absolute Gasteiger partial charge is 0.153 e. The molecule has 2 aromatic rings. The molecule has 0 spiro atoms. The zero-order valence-corrected chi connectivity index (χ0v) is 12.9. The zero-order chi connectivity index (χ0) is 13.9. The predicted molar refractivity (Wildman–Crippen MR) is 81.8 cm³/mol. The lowest BCUT2D eigenvalue weighted by atomic mass is 9.95. The van der Waals surface area contributed by atoms with E-state index in [0.29, 0.717) is 5.92 Å². The zero-order valence-electron chi connectivity index (χ0n) is 11.3. The fraction of sp³-hybridized carbons (Fsp3) is 0.571. The summed E-state index contributed by atoms with van der Waals surface area (Å²) in [6.45, 7) is 0.206. The third-order valence-electron chi connectivity index (χ3n) is 4.12. The maximum Gasteiger partial charge on any atom is 0.153 e. The van der Waals surface area contributed by atoms with E-state index in [4.69, 9.17) is 0 Å². The van der Waals surface area contributed by atoms with Gasteiger partial charge in [-0.1, -0.05) is 12.8 Å². The number of aliphatic hydroxyl groups excluding tert-OH is 1. The van der Waals surface area contributed by atoms with Crippen LogP contribution in [0.25, 0.3) is 5.52 Å². The summed E-state index contributed by atoms with van der Waals surface area (Å²) in [6.07, 6.45) is 11.2. The van der Waals surface area contributed by atoms with Gasteiger partial charge < -0.3 is 10.4 Å². The second-order valence-electron chi connectivity index (χ2n) is 5.37. The van der Waals surface area contributed by atoms with E-state index < -0.39 is 0 Å². The van der Waals surface area contributed by atoms with Crippen molar-refractivity contribution in [3.63, 3.8) is 0 Å². The van der Waals surface area contributed by atoms with Crippen LogP contribution in [0.1, 0.15) is 32.1 Å². The van der Waals surface area contributed by atoms with Crippen LogP contribution in [0.4, 0.5) is 5.82 Å². The summed E-state index contributed by atoms with van der Waals surface area (Å²) < 4.78 is 2.74. The van der Waals surface area contributed by atoms with Crippen molar-refractivity contribution in [1.29, 1.82) is 0 Å². The molecule has 0 saturated heterocycles. The van der Waals surface area contributed by atoms with Crippen molar-refractivity contribution in [1.82, 2.24) is 14.6 Å². The second-order valence-corrected chi connectivity index (χ2v) is 6.22. The number of nitrogens with zero attached hydrogens (tertiary/aromatic N) is 3. The van der Waals surface area contributed by atoms with Crippen molar-refractivity contribution in [3.05, 3.63) is 23.1 Å². The van der Waals surface area contributed by atoms with Crippen LogP contribution in [0.5, 0.6) is 0 Å². The minimum Gasteiger partial charge on any atom is -0.396 e. The predicted octanol–water partition coefficient (Wildman–Crippen LogP) is 2.84. The Bertz CT molecular complexity index is 580. The van der Waals surface area contributed by atoms with Crippen molar-refractivity contribution >= 4 is 27.3 Å². The Kier molecular flexibility index (Phi) is 4.21. The maximum absolute atomic E-state index is 9.32. The van der Waals surface area contributed by atoms with Gasteiger partial charge >= 0.3 is 0 Å². The molecule has 2 N–H and O–H groups in total. The molecule has 0 radical (unpaired) electrons. The van der Waals surface area contributed by atoms with E-state index in [0.717, 1.165) is 22.2 Å². The summed E-state index contributed by atoms with van der Waals surface area (Å²) in [4.78, 5) is 4.45. The van der Waals surface area contributed by atoms with Crippen molar-refractivity contribution in [3.8, 4) is 0 Å². The first kappa shape index (κ1) is 13.8. The molecule has 1 aliphatic rings. The van der Waals surface area contributed by atoms with Gasteiger partial charge in [-0.25, -0.2) is 9.50 Å². The molecule has 1 aliphatic carbocycles. The molecule has 1 atom stereocenters. The highest BCUT2D eigenvalue weighted by Gasteiger charge is 2.25. The standard InChI is InChI=1S/C14H19BrN4O/c15-11-9-17-19-7-6-16-14(13(11)19)18-12(5-8-20)10-3-1-2-4-10/h6-7,9-10,12,20H,1-5,8H2,(H,16,18). The largest absolute Gasteiger partial charge is 0.396 e. The topological polar surface area (TPSA) is 62.5 Å². The summed E-state index contributed by atoms with van der Waals surface area (Å²) in [6, 6.07) is 0.281. The molecule has 2 heterocycles. The van der Waals surface area contributed by atoms with Gasteiger partial charge in [0, 0.05) is 25.0 Å². The van der Waals surface area contributed by atoms with Gasteiger partial charge in [-0.15, -0.1) is 0 Å². The first-order valence-electron chi connectivity index (χ1n) is 7.15. The molecule has 20 heavy (non-hydrogen) atoms. The molecule has 2 aromatic heterocycles. The first-order valence-corrected chi connectivity index (χ1v) is 7.94. The highest BCUT2D eigenvalue weighted by molar-refractivity contribution is 9.10. The molecule has 5 nitrogen and oxygen atoms in total. The Hall–Kier alpha value is -1.14. The van der Waals surface area contributed by atoms with Crippen LogP contribution in [-0.4, -0.2) is 32.4 Å². The highest BCUT2D eigenvalue weighted by atomic mass is 79.9. The number of halogens is 1. The monoisotopic (exact) mass is 338 g/mol. The molecule has 1 fully saturated rings. The number of hydrogen-bond acceptors (Lipinski definition) is 4. The van der Waals surface area contributed by atoms with E-state index in [1.165, 1.54) is 25.7 Å². The van der Waals surface area contributed by atoms with Crippen LogP contribution in [0.15, 0.2) is 23.1 Å². The Labute approximate surface area is 126 Å². The molecule has 1 saturated carbocycles. The van der Waals surface area contributed by atoms with Crippen LogP contribution >= 0.6 is 15.9 Å². The van der Waals surface area contributed by atoms with Gasteiger partial charge in [0.15, 0.2) is 5.82 Å². The Morgan fingerprint density at radius 3 is 3.00 bits per heavy atom. The van der Waals surface area contributed by atoms with Crippen molar-refractivity contribution in [2.24, 2.45) is 5.92 Å². The second kappa shape index (κ2) is 6.10. The number of hydrogen-bond donors (Lipinski definition) is 2. The summed E-state index contributed by atoms with van der Waals surface area (Å²) >= 11 is 3.52. The van der Waals surface area contributed by atoms with Gasteiger partial charge in [-0.05, 0) is 41.1 Å². The summed E-state index contributed by atoms with van der Waals surface area (Å²) in [7, 11) is 0. The van der Waals surface area contributed by atoms with E-state index in [1.54, 1.807) is 12.4 Å². The summed E-state index contributed by atoms with van der Waals surface area (Å²) in [5, 5.41) is 17.1. The number of rotatable bonds is 5.